The summed E-state index contributed by atoms with van der Waals surface area (Å²) in [5.74, 6) is 1.89. The number of carbonyl (C=O) groups is 1. The van der Waals surface area contributed by atoms with E-state index in [9.17, 15) is 4.79 Å². The minimum Gasteiger partial charge on any atom is -0.490 e. The number of ether oxygens (including phenoxy) is 3. The Morgan fingerprint density at radius 3 is 2.46 bits per heavy atom. The number of nitrogens with one attached hydrogen (secondary N) is 1. The van der Waals surface area contributed by atoms with Gasteiger partial charge in [-0.05, 0) is 49.8 Å². The number of rotatable bonds is 8. The summed E-state index contributed by atoms with van der Waals surface area (Å²) in [6.07, 6.45) is 1.78. The monoisotopic (exact) mass is 415 g/mol. The summed E-state index contributed by atoms with van der Waals surface area (Å²) in [6, 6.07) is 13.4. The molecule has 5 nitrogen and oxygen atoms in total. The third-order valence-corrected chi connectivity index (χ3v) is 5.00. The van der Waals surface area contributed by atoms with E-state index in [0.29, 0.717) is 40.5 Å². The van der Waals surface area contributed by atoms with Crippen LogP contribution in [-0.2, 0) is 4.79 Å². The molecule has 1 amide bonds. The first-order valence-electron chi connectivity index (χ1n) is 8.89. The average molecular weight is 416 g/mol. The van der Waals surface area contributed by atoms with E-state index in [1.165, 1.54) is 17.3 Å². The molecule has 0 aliphatic carbocycles. The van der Waals surface area contributed by atoms with Crippen LogP contribution in [0.3, 0.4) is 0 Å². The lowest BCUT2D eigenvalue weighted by Crippen LogP contribution is -2.17. The molecule has 2 aromatic rings. The molecule has 0 bridgehead atoms. The van der Waals surface area contributed by atoms with Crippen molar-refractivity contribution in [1.82, 2.24) is 5.32 Å². The SMILES string of the molecule is CCOc1cc(/C=C2/SC(=S)NC2=O)ccc1OCCOc1ccc(C)cc1. The summed E-state index contributed by atoms with van der Waals surface area (Å²) in [5, 5.41) is 2.61. The van der Waals surface area contributed by atoms with Gasteiger partial charge in [-0.2, -0.15) is 0 Å². The van der Waals surface area contributed by atoms with Crippen LogP contribution in [0, 0.1) is 6.92 Å². The molecule has 0 aromatic heterocycles. The van der Waals surface area contributed by atoms with Gasteiger partial charge in [0.1, 0.15) is 23.3 Å². The lowest BCUT2D eigenvalue weighted by atomic mass is 10.2. The molecular formula is C21H21NO4S2. The lowest BCUT2D eigenvalue weighted by molar-refractivity contribution is -0.115. The first-order chi connectivity index (χ1) is 13.5. The second-order valence-corrected chi connectivity index (χ2v) is 7.72. The van der Waals surface area contributed by atoms with Gasteiger partial charge in [-0.3, -0.25) is 4.79 Å². The third kappa shape index (κ3) is 5.50. The van der Waals surface area contributed by atoms with Crippen molar-refractivity contribution in [2.24, 2.45) is 0 Å². The molecule has 0 saturated carbocycles. The number of hydrogen-bond acceptors (Lipinski definition) is 6. The summed E-state index contributed by atoms with van der Waals surface area (Å²) in [5.41, 5.74) is 2.03. The second-order valence-electron chi connectivity index (χ2n) is 6.00. The van der Waals surface area contributed by atoms with E-state index in [4.69, 9.17) is 26.4 Å². The number of benzene rings is 2. The van der Waals surface area contributed by atoms with E-state index < -0.39 is 0 Å². The largest absolute Gasteiger partial charge is 0.490 e. The van der Waals surface area contributed by atoms with Crippen LogP contribution in [0.2, 0.25) is 0 Å². The zero-order valence-corrected chi connectivity index (χ0v) is 17.3. The van der Waals surface area contributed by atoms with Gasteiger partial charge >= 0.3 is 0 Å². The van der Waals surface area contributed by atoms with E-state index in [1.807, 2.05) is 56.3 Å². The molecule has 2 aromatic carbocycles. The molecule has 1 aliphatic heterocycles. The summed E-state index contributed by atoms with van der Waals surface area (Å²) < 4.78 is 17.7. The van der Waals surface area contributed by atoms with Gasteiger partial charge in [-0.1, -0.05) is 47.7 Å². The molecule has 28 heavy (non-hydrogen) atoms. The van der Waals surface area contributed by atoms with Gasteiger partial charge < -0.3 is 19.5 Å². The highest BCUT2D eigenvalue weighted by Gasteiger charge is 2.22. The maximum atomic E-state index is 11.8. The van der Waals surface area contributed by atoms with Gasteiger partial charge in [0, 0.05) is 0 Å². The van der Waals surface area contributed by atoms with Gasteiger partial charge in [0.25, 0.3) is 5.91 Å². The Hall–Kier alpha value is -2.51. The Bertz CT molecular complexity index is 894. The maximum absolute atomic E-state index is 11.8. The molecule has 1 heterocycles. The molecule has 0 atom stereocenters. The number of carbonyl (C=O) groups excluding carboxylic acids is 1. The third-order valence-electron chi connectivity index (χ3n) is 3.84. The molecule has 0 unspecified atom stereocenters. The highest BCUT2D eigenvalue weighted by Crippen LogP contribution is 2.32. The van der Waals surface area contributed by atoms with Crippen LogP contribution in [-0.4, -0.2) is 30.0 Å². The fraction of sp³-hybridized carbons (Fsp3) is 0.238. The Morgan fingerprint density at radius 2 is 1.79 bits per heavy atom. The summed E-state index contributed by atoms with van der Waals surface area (Å²) in [4.78, 5) is 12.4. The van der Waals surface area contributed by atoms with Crippen LogP contribution in [0.1, 0.15) is 18.1 Å². The highest BCUT2D eigenvalue weighted by molar-refractivity contribution is 8.26. The molecule has 1 aliphatic rings. The standard InChI is InChI=1S/C21H21NO4S2/c1-3-24-18-12-15(13-19-20(23)22-21(27)28-19)6-9-17(18)26-11-10-25-16-7-4-14(2)5-8-16/h4-9,12-13H,3,10-11H2,1-2H3,(H,22,23,27)/b19-13+. The van der Waals surface area contributed by atoms with Crippen molar-refractivity contribution in [2.45, 2.75) is 13.8 Å². The Morgan fingerprint density at radius 1 is 1.04 bits per heavy atom. The molecule has 1 saturated heterocycles. The van der Waals surface area contributed by atoms with Crippen LogP contribution >= 0.6 is 24.0 Å². The van der Waals surface area contributed by atoms with Crippen molar-refractivity contribution in [3.63, 3.8) is 0 Å². The van der Waals surface area contributed by atoms with Crippen molar-refractivity contribution in [1.29, 1.82) is 0 Å². The first-order valence-corrected chi connectivity index (χ1v) is 10.1. The smallest absolute Gasteiger partial charge is 0.263 e. The Kier molecular flexibility index (Phi) is 6.95. The van der Waals surface area contributed by atoms with Gasteiger partial charge in [0.2, 0.25) is 0 Å². The fourth-order valence-corrected chi connectivity index (χ4v) is 3.56. The predicted molar refractivity (Wildman–Crippen MR) is 116 cm³/mol. The highest BCUT2D eigenvalue weighted by atomic mass is 32.2. The van der Waals surface area contributed by atoms with Crippen LogP contribution in [0.15, 0.2) is 47.4 Å². The van der Waals surface area contributed by atoms with Gasteiger partial charge in [0.05, 0.1) is 11.5 Å². The molecule has 0 spiro atoms. The van der Waals surface area contributed by atoms with Crippen LogP contribution in [0.4, 0.5) is 0 Å². The van der Waals surface area contributed by atoms with Crippen molar-refractivity contribution >= 4 is 40.3 Å². The molecule has 0 radical (unpaired) electrons. The minimum atomic E-state index is -0.179. The minimum absolute atomic E-state index is 0.179. The van der Waals surface area contributed by atoms with Crippen molar-refractivity contribution in [3.8, 4) is 17.2 Å². The molecule has 146 valence electrons. The fourth-order valence-electron chi connectivity index (χ4n) is 2.52. The van der Waals surface area contributed by atoms with E-state index in [1.54, 1.807) is 6.08 Å². The number of aryl methyl sites for hydroxylation is 1. The lowest BCUT2D eigenvalue weighted by Gasteiger charge is -2.13. The van der Waals surface area contributed by atoms with E-state index >= 15 is 0 Å². The molecular weight excluding hydrogens is 394 g/mol. The van der Waals surface area contributed by atoms with Crippen molar-refractivity contribution in [2.75, 3.05) is 19.8 Å². The van der Waals surface area contributed by atoms with Crippen molar-refractivity contribution < 1.29 is 19.0 Å². The Balaban J connectivity index is 1.62. The topological polar surface area (TPSA) is 56.8 Å². The van der Waals surface area contributed by atoms with E-state index in [2.05, 4.69) is 5.32 Å². The maximum Gasteiger partial charge on any atom is 0.263 e. The second kappa shape index (κ2) is 9.61. The molecule has 1 fully saturated rings. The number of amides is 1. The number of thiocarbonyl (C=S) groups is 1. The molecule has 1 N–H and O–H groups in total. The summed E-state index contributed by atoms with van der Waals surface area (Å²) in [7, 11) is 0. The molecule has 7 heteroatoms. The predicted octanol–water partition coefficient (Wildman–Crippen LogP) is 4.34. The van der Waals surface area contributed by atoms with Crippen LogP contribution in [0.25, 0.3) is 6.08 Å². The molecule has 3 rings (SSSR count). The Labute approximate surface area is 174 Å². The number of thioether (sulfide) groups is 1. The van der Waals surface area contributed by atoms with Gasteiger partial charge in [-0.25, -0.2) is 0 Å². The quantitative estimate of drug-likeness (QED) is 0.393. The first kappa shape index (κ1) is 20.2. The summed E-state index contributed by atoms with van der Waals surface area (Å²) >= 11 is 6.26. The number of hydrogen-bond donors (Lipinski definition) is 1. The van der Waals surface area contributed by atoms with E-state index in [0.717, 1.165) is 11.3 Å². The van der Waals surface area contributed by atoms with Crippen LogP contribution < -0.4 is 19.5 Å². The zero-order valence-electron chi connectivity index (χ0n) is 15.7. The summed E-state index contributed by atoms with van der Waals surface area (Å²) in [6.45, 7) is 5.27. The zero-order chi connectivity index (χ0) is 19.9. The average Bonchev–Trinajstić information content (AvgIpc) is 2.99. The van der Waals surface area contributed by atoms with Crippen LogP contribution in [0.5, 0.6) is 17.2 Å². The van der Waals surface area contributed by atoms with Gasteiger partial charge in [0.15, 0.2) is 11.5 Å². The van der Waals surface area contributed by atoms with Gasteiger partial charge in [-0.15, -0.1) is 0 Å². The van der Waals surface area contributed by atoms with Crippen molar-refractivity contribution in [3.05, 3.63) is 58.5 Å². The normalized spacial score (nSPS) is 14.9. The van der Waals surface area contributed by atoms with E-state index in [-0.39, 0.29) is 5.91 Å².